The van der Waals surface area contributed by atoms with E-state index >= 15 is 0 Å². The van der Waals surface area contributed by atoms with E-state index in [2.05, 4.69) is 34.7 Å². The van der Waals surface area contributed by atoms with Gasteiger partial charge in [-0.25, -0.2) is 0 Å². The van der Waals surface area contributed by atoms with Gasteiger partial charge in [-0.15, -0.1) is 0 Å². The number of amides is 2. The normalized spacial score (nSPS) is 30.2. The zero-order chi connectivity index (χ0) is 21.5. The minimum Gasteiger partial charge on any atom is -0.338 e. The van der Waals surface area contributed by atoms with E-state index in [1.807, 2.05) is 6.20 Å². The molecule has 1 aromatic rings. The zero-order valence-electron chi connectivity index (χ0n) is 19.2. The number of nitrogens with zero attached hydrogens (tertiary/aromatic N) is 3. The summed E-state index contributed by atoms with van der Waals surface area (Å²) in [7, 11) is 0. The van der Waals surface area contributed by atoms with E-state index in [0.29, 0.717) is 42.2 Å². The second-order valence-corrected chi connectivity index (χ2v) is 10.8. The fourth-order valence-electron chi connectivity index (χ4n) is 6.70. The Bertz CT molecular complexity index is 851. The first-order chi connectivity index (χ1) is 15.0. The van der Waals surface area contributed by atoms with Crippen molar-refractivity contribution in [3.8, 4) is 0 Å². The summed E-state index contributed by atoms with van der Waals surface area (Å²) in [5.41, 5.74) is 3.22. The van der Waals surface area contributed by atoms with Crippen molar-refractivity contribution < 1.29 is 9.59 Å². The van der Waals surface area contributed by atoms with Gasteiger partial charge in [0, 0.05) is 43.5 Å². The predicted molar refractivity (Wildman–Crippen MR) is 121 cm³/mol. The number of carbonyl (C=O) groups excluding carboxylic acids is 2. The Labute approximate surface area is 186 Å². The molecule has 1 aromatic heterocycles. The number of rotatable bonds is 4. The smallest absolute Gasteiger partial charge is 0.255 e. The first kappa shape index (κ1) is 21.0. The van der Waals surface area contributed by atoms with Crippen LogP contribution in [0.15, 0.2) is 12.3 Å². The number of aryl methyl sites for hydroxylation is 2. The largest absolute Gasteiger partial charge is 0.338 e. The lowest BCUT2D eigenvalue weighted by Gasteiger charge is -2.56. The van der Waals surface area contributed by atoms with Crippen molar-refractivity contribution in [2.24, 2.45) is 17.8 Å². The van der Waals surface area contributed by atoms with Gasteiger partial charge in [-0.3, -0.25) is 14.6 Å². The summed E-state index contributed by atoms with van der Waals surface area (Å²) in [6.07, 6.45) is 12.5. The fraction of sp³-hybridized carbons (Fsp3) is 0.731. The Kier molecular flexibility index (Phi) is 5.78. The van der Waals surface area contributed by atoms with Crippen molar-refractivity contribution >= 4 is 11.8 Å². The molecule has 0 spiro atoms. The molecule has 0 saturated carbocycles. The van der Waals surface area contributed by atoms with Crippen LogP contribution in [0.2, 0.25) is 0 Å². The van der Waals surface area contributed by atoms with Crippen molar-refractivity contribution in [2.75, 3.05) is 13.1 Å². The van der Waals surface area contributed by atoms with E-state index in [9.17, 15) is 9.59 Å². The van der Waals surface area contributed by atoms with Crippen LogP contribution in [0.3, 0.4) is 0 Å². The van der Waals surface area contributed by atoms with E-state index in [-0.39, 0.29) is 5.91 Å². The third-order valence-electron chi connectivity index (χ3n) is 8.24. The van der Waals surface area contributed by atoms with Gasteiger partial charge in [-0.05, 0) is 87.2 Å². The van der Waals surface area contributed by atoms with Crippen LogP contribution >= 0.6 is 0 Å². The van der Waals surface area contributed by atoms with Crippen LogP contribution < -0.4 is 0 Å². The van der Waals surface area contributed by atoms with Crippen molar-refractivity contribution in [1.82, 2.24) is 14.8 Å². The number of hydrogen-bond acceptors (Lipinski definition) is 3. The van der Waals surface area contributed by atoms with Gasteiger partial charge in [-0.1, -0.05) is 13.8 Å². The molecular weight excluding hydrogens is 386 g/mol. The third kappa shape index (κ3) is 4.01. The highest BCUT2D eigenvalue weighted by Crippen LogP contribution is 2.43. The van der Waals surface area contributed by atoms with Crippen molar-refractivity contribution in [3.05, 3.63) is 29.1 Å². The van der Waals surface area contributed by atoms with Gasteiger partial charge in [-0.2, -0.15) is 0 Å². The Hall–Kier alpha value is -1.91. The van der Waals surface area contributed by atoms with Gasteiger partial charge in [0.2, 0.25) is 5.91 Å². The number of piperidine rings is 3. The number of fused-ring (bicyclic) bond motifs is 5. The number of carbonyl (C=O) groups is 2. The Morgan fingerprint density at radius 2 is 1.94 bits per heavy atom. The molecule has 3 aliphatic heterocycles. The summed E-state index contributed by atoms with van der Waals surface area (Å²) < 4.78 is 0. The lowest BCUT2D eigenvalue weighted by atomic mass is 9.70. The second-order valence-electron chi connectivity index (χ2n) is 10.8. The third-order valence-corrected chi connectivity index (χ3v) is 8.24. The quantitative estimate of drug-likeness (QED) is 0.728. The molecule has 5 nitrogen and oxygen atoms in total. The average Bonchev–Trinajstić information content (AvgIpc) is 2.78. The molecule has 3 fully saturated rings. The number of aromatic nitrogens is 1. The van der Waals surface area contributed by atoms with E-state index in [1.54, 1.807) is 0 Å². The van der Waals surface area contributed by atoms with Gasteiger partial charge in [0.1, 0.15) is 0 Å². The van der Waals surface area contributed by atoms with Crippen molar-refractivity contribution in [1.29, 1.82) is 0 Å². The highest BCUT2D eigenvalue weighted by molar-refractivity contribution is 5.94. The molecule has 1 aliphatic carbocycles. The summed E-state index contributed by atoms with van der Waals surface area (Å²) in [5, 5.41) is 0. The van der Waals surface area contributed by atoms with Crippen LogP contribution in [-0.4, -0.2) is 51.8 Å². The molecule has 0 aromatic carbocycles. The van der Waals surface area contributed by atoms with Crippen LogP contribution in [0.1, 0.15) is 86.8 Å². The SMILES string of the molecule is CC(C)CC[C@H]1[C@H]2C[C@H](CN(C(=O)c3cnc4c(c3)CCCC4)C2)[C@@H]2CCCC(=O)N21. The van der Waals surface area contributed by atoms with Crippen LogP contribution in [0.4, 0.5) is 0 Å². The summed E-state index contributed by atoms with van der Waals surface area (Å²) >= 11 is 0. The van der Waals surface area contributed by atoms with Gasteiger partial charge in [0.15, 0.2) is 0 Å². The maximum Gasteiger partial charge on any atom is 0.255 e. The molecular formula is C26H37N3O2. The predicted octanol–water partition coefficient (Wildman–Crippen LogP) is 4.24. The van der Waals surface area contributed by atoms with E-state index in [4.69, 9.17) is 0 Å². The molecule has 5 rings (SSSR count). The molecule has 5 heteroatoms. The number of likely N-dealkylation sites (tertiary alicyclic amines) is 1. The fourth-order valence-corrected chi connectivity index (χ4v) is 6.70. The zero-order valence-corrected chi connectivity index (χ0v) is 19.2. The second kappa shape index (κ2) is 8.55. The first-order valence-electron chi connectivity index (χ1n) is 12.6. The highest BCUT2D eigenvalue weighted by atomic mass is 16.2. The summed E-state index contributed by atoms with van der Waals surface area (Å²) in [4.78, 5) is 35.5. The molecule has 4 aliphatic rings. The standard InChI is InChI=1S/C26H37N3O2/c1-17(2)10-11-24-21-13-20(23-8-5-9-25(30)29(23)24)15-28(16-21)26(31)19-12-18-6-3-4-7-22(18)27-14-19/h12,14,17,20-21,23-24H,3-11,13,15-16H2,1-2H3/t20-,21+,23+,24+/m1/s1. The highest BCUT2D eigenvalue weighted by Gasteiger charge is 2.49. The molecule has 168 valence electrons. The summed E-state index contributed by atoms with van der Waals surface area (Å²) in [5.74, 6) is 1.98. The topological polar surface area (TPSA) is 53.5 Å². The molecule has 2 bridgehead atoms. The van der Waals surface area contributed by atoms with Crippen molar-refractivity contribution in [2.45, 2.75) is 90.1 Å². The van der Waals surface area contributed by atoms with Gasteiger partial charge in [0.25, 0.3) is 5.91 Å². The monoisotopic (exact) mass is 423 g/mol. The van der Waals surface area contributed by atoms with E-state index < -0.39 is 0 Å². The maximum absolute atomic E-state index is 13.5. The molecule has 0 unspecified atom stereocenters. The van der Waals surface area contributed by atoms with Gasteiger partial charge < -0.3 is 9.80 Å². The first-order valence-corrected chi connectivity index (χ1v) is 12.6. The molecule has 2 amide bonds. The van der Waals surface area contributed by atoms with Crippen LogP contribution in [-0.2, 0) is 17.6 Å². The Morgan fingerprint density at radius 1 is 1.13 bits per heavy atom. The number of pyridine rings is 1. The lowest BCUT2D eigenvalue weighted by Crippen LogP contribution is -2.65. The van der Waals surface area contributed by atoms with Gasteiger partial charge >= 0.3 is 0 Å². The van der Waals surface area contributed by atoms with E-state index in [1.165, 1.54) is 30.5 Å². The Balaban J connectivity index is 1.38. The van der Waals surface area contributed by atoms with E-state index in [0.717, 1.165) is 57.2 Å². The van der Waals surface area contributed by atoms with Crippen molar-refractivity contribution in [3.63, 3.8) is 0 Å². The summed E-state index contributed by atoms with van der Waals surface area (Å²) in [6.45, 7) is 6.10. The molecule has 31 heavy (non-hydrogen) atoms. The molecule has 0 N–H and O–H groups in total. The van der Waals surface area contributed by atoms with Crippen LogP contribution in [0.25, 0.3) is 0 Å². The van der Waals surface area contributed by atoms with Crippen LogP contribution in [0.5, 0.6) is 0 Å². The summed E-state index contributed by atoms with van der Waals surface area (Å²) in [6, 6.07) is 2.74. The minimum absolute atomic E-state index is 0.147. The lowest BCUT2D eigenvalue weighted by molar-refractivity contribution is -0.152. The molecule has 0 radical (unpaired) electrons. The molecule has 4 heterocycles. The Morgan fingerprint density at radius 3 is 2.77 bits per heavy atom. The van der Waals surface area contributed by atoms with Gasteiger partial charge in [0.05, 0.1) is 5.56 Å². The maximum atomic E-state index is 13.5. The average molecular weight is 424 g/mol. The molecule has 4 atom stereocenters. The van der Waals surface area contributed by atoms with Crippen LogP contribution in [0, 0.1) is 17.8 Å². The molecule has 3 saturated heterocycles. The number of hydrogen-bond donors (Lipinski definition) is 0. The minimum atomic E-state index is 0.147.